The summed E-state index contributed by atoms with van der Waals surface area (Å²) in [6.07, 6.45) is 8.98. The number of likely N-dealkylation sites (tertiary alicyclic amines) is 1. The molecule has 0 aromatic rings. The van der Waals surface area contributed by atoms with Crippen molar-refractivity contribution < 1.29 is 9.59 Å². The highest BCUT2D eigenvalue weighted by molar-refractivity contribution is 14.0. The van der Waals surface area contributed by atoms with Crippen LogP contribution in [0.2, 0.25) is 0 Å². The van der Waals surface area contributed by atoms with Crippen LogP contribution in [0.25, 0.3) is 0 Å². The Morgan fingerprint density at radius 3 is 2.38 bits per heavy atom. The molecule has 3 fully saturated rings. The summed E-state index contributed by atoms with van der Waals surface area (Å²) in [4.78, 5) is 30.8. The second kappa shape index (κ2) is 7.01. The van der Waals surface area contributed by atoms with Crippen LogP contribution in [0.15, 0.2) is 17.1 Å². The van der Waals surface area contributed by atoms with Gasteiger partial charge in [-0.2, -0.15) is 0 Å². The zero-order valence-corrected chi connectivity index (χ0v) is 16.0. The zero-order chi connectivity index (χ0) is 16.0. The molecule has 6 nitrogen and oxygen atoms in total. The van der Waals surface area contributed by atoms with Gasteiger partial charge in [0.05, 0.1) is 11.8 Å². The number of nitrogens with two attached hydrogens (primary N) is 1. The first kappa shape index (κ1) is 17.7. The van der Waals surface area contributed by atoms with E-state index in [2.05, 4.69) is 22.5 Å². The van der Waals surface area contributed by atoms with Gasteiger partial charge in [0, 0.05) is 19.6 Å². The molecule has 1 aliphatic heterocycles. The van der Waals surface area contributed by atoms with Gasteiger partial charge in [0.1, 0.15) is 0 Å². The number of amides is 2. The van der Waals surface area contributed by atoms with Gasteiger partial charge in [0.15, 0.2) is 5.96 Å². The number of rotatable bonds is 5. The van der Waals surface area contributed by atoms with E-state index in [4.69, 9.17) is 5.73 Å². The molecule has 2 bridgehead atoms. The Hall–Kier alpha value is -1.12. The summed E-state index contributed by atoms with van der Waals surface area (Å²) in [6, 6.07) is 0. The molecule has 4 unspecified atom stereocenters. The van der Waals surface area contributed by atoms with Crippen LogP contribution in [-0.2, 0) is 9.59 Å². The number of aliphatic imine (C=N–C) groups is 1. The minimum absolute atomic E-state index is 0. The quantitative estimate of drug-likeness (QED) is 0.219. The first-order chi connectivity index (χ1) is 11.1. The lowest BCUT2D eigenvalue weighted by molar-refractivity contribution is -0.140. The van der Waals surface area contributed by atoms with Crippen molar-refractivity contribution in [2.75, 3.05) is 19.6 Å². The highest BCUT2D eigenvalue weighted by Crippen LogP contribution is 2.52. The van der Waals surface area contributed by atoms with Crippen molar-refractivity contribution in [1.82, 2.24) is 10.2 Å². The molecule has 132 valence electrons. The Bertz CT molecular complexity index is 557. The Morgan fingerprint density at radius 2 is 1.83 bits per heavy atom. The minimum atomic E-state index is -0.109. The highest BCUT2D eigenvalue weighted by atomic mass is 127. The van der Waals surface area contributed by atoms with E-state index in [-0.39, 0.29) is 59.5 Å². The van der Waals surface area contributed by atoms with Crippen molar-refractivity contribution in [2.24, 2.45) is 40.3 Å². The molecule has 0 radical (unpaired) electrons. The maximum atomic E-state index is 12.5. The number of fused-ring (bicyclic) bond motifs is 5. The fourth-order valence-corrected chi connectivity index (χ4v) is 4.44. The second-order valence-electron chi connectivity index (χ2n) is 7.28. The summed E-state index contributed by atoms with van der Waals surface area (Å²) in [5.74, 6) is 1.43. The molecule has 1 heterocycles. The number of nitrogens with one attached hydrogen (secondary N) is 1. The normalized spacial score (nSPS) is 34.3. The fraction of sp³-hybridized carbons (Fsp3) is 0.706. The van der Waals surface area contributed by atoms with Crippen LogP contribution in [-0.4, -0.2) is 42.3 Å². The summed E-state index contributed by atoms with van der Waals surface area (Å²) in [7, 11) is 0. The summed E-state index contributed by atoms with van der Waals surface area (Å²) in [5, 5.41) is 3.02. The van der Waals surface area contributed by atoms with Crippen LogP contribution in [0.4, 0.5) is 0 Å². The standard InChI is InChI=1S/C17H24N4O2.HI/c18-17(20-9-10-2-1-3-10)19-6-7-21-15(22)13-11-4-5-12(8-11)14(13)16(21)23;/h4-5,10-14H,1-3,6-9H2,(H3,18,19,20);1H. The average molecular weight is 444 g/mol. The molecular formula is C17H25IN4O2. The van der Waals surface area contributed by atoms with Gasteiger partial charge in [-0.3, -0.25) is 19.5 Å². The van der Waals surface area contributed by atoms with Crippen LogP contribution in [0, 0.1) is 29.6 Å². The molecule has 4 rings (SSSR count). The monoisotopic (exact) mass is 444 g/mol. The fourth-order valence-electron chi connectivity index (χ4n) is 4.44. The van der Waals surface area contributed by atoms with E-state index in [0.717, 1.165) is 13.0 Å². The number of halogens is 1. The van der Waals surface area contributed by atoms with Crippen LogP contribution >= 0.6 is 24.0 Å². The second-order valence-corrected chi connectivity index (χ2v) is 7.28. The average Bonchev–Trinajstić information content (AvgIpc) is 3.14. The third kappa shape index (κ3) is 2.95. The zero-order valence-electron chi connectivity index (χ0n) is 13.7. The predicted molar refractivity (Wildman–Crippen MR) is 102 cm³/mol. The summed E-state index contributed by atoms with van der Waals surface area (Å²) in [5.41, 5.74) is 5.84. The number of allylic oxidation sites excluding steroid dienone is 2. The van der Waals surface area contributed by atoms with Gasteiger partial charge < -0.3 is 11.1 Å². The van der Waals surface area contributed by atoms with Crippen LogP contribution in [0.5, 0.6) is 0 Å². The Morgan fingerprint density at radius 1 is 1.21 bits per heavy atom. The molecule has 2 saturated carbocycles. The summed E-state index contributed by atoms with van der Waals surface area (Å²) >= 11 is 0. The van der Waals surface area contributed by atoms with E-state index >= 15 is 0 Å². The van der Waals surface area contributed by atoms with Crippen molar-refractivity contribution >= 4 is 41.8 Å². The highest BCUT2D eigenvalue weighted by Gasteiger charge is 2.58. The number of carbonyl (C=O) groups is 2. The maximum Gasteiger partial charge on any atom is 0.233 e. The van der Waals surface area contributed by atoms with Crippen molar-refractivity contribution in [1.29, 1.82) is 0 Å². The van der Waals surface area contributed by atoms with E-state index in [0.29, 0.717) is 25.0 Å². The minimum Gasteiger partial charge on any atom is -0.370 e. The van der Waals surface area contributed by atoms with Gasteiger partial charge in [-0.15, -0.1) is 24.0 Å². The van der Waals surface area contributed by atoms with Gasteiger partial charge in [-0.05, 0) is 37.0 Å². The third-order valence-electron chi connectivity index (χ3n) is 5.95. The SMILES string of the molecule is I.NC(=NCC1CCC1)NCCN1C(=O)C2C3C=CC(C3)C2C1=O. The van der Waals surface area contributed by atoms with E-state index in [1.165, 1.54) is 24.2 Å². The lowest BCUT2D eigenvalue weighted by Crippen LogP contribution is -2.42. The number of hydrogen-bond acceptors (Lipinski definition) is 3. The van der Waals surface area contributed by atoms with E-state index < -0.39 is 0 Å². The molecule has 0 spiro atoms. The molecule has 0 aromatic carbocycles. The van der Waals surface area contributed by atoms with E-state index in [1.807, 2.05) is 0 Å². The number of hydrogen-bond donors (Lipinski definition) is 2. The first-order valence-corrected chi connectivity index (χ1v) is 8.72. The molecule has 4 aliphatic rings. The summed E-state index contributed by atoms with van der Waals surface area (Å²) < 4.78 is 0. The smallest absolute Gasteiger partial charge is 0.233 e. The Labute approximate surface area is 159 Å². The molecule has 7 heteroatoms. The number of nitrogens with zero attached hydrogens (tertiary/aromatic N) is 2. The number of imide groups is 1. The number of guanidine groups is 1. The molecule has 2 amide bonds. The van der Waals surface area contributed by atoms with Crippen molar-refractivity contribution in [2.45, 2.75) is 25.7 Å². The van der Waals surface area contributed by atoms with Crippen molar-refractivity contribution in [3.63, 3.8) is 0 Å². The lowest BCUT2D eigenvalue weighted by atomic mass is 9.85. The van der Waals surface area contributed by atoms with Crippen LogP contribution in [0.1, 0.15) is 25.7 Å². The topological polar surface area (TPSA) is 87.8 Å². The Kier molecular flexibility index (Phi) is 5.17. The van der Waals surface area contributed by atoms with Gasteiger partial charge >= 0.3 is 0 Å². The van der Waals surface area contributed by atoms with Gasteiger partial charge in [-0.1, -0.05) is 18.6 Å². The third-order valence-corrected chi connectivity index (χ3v) is 5.95. The molecule has 0 aromatic heterocycles. The Balaban J connectivity index is 0.00000169. The van der Waals surface area contributed by atoms with Crippen LogP contribution in [0.3, 0.4) is 0 Å². The van der Waals surface area contributed by atoms with Crippen molar-refractivity contribution in [3.8, 4) is 0 Å². The number of carbonyl (C=O) groups excluding carboxylic acids is 2. The van der Waals surface area contributed by atoms with Crippen LogP contribution < -0.4 is 11.1 Å². The summed E-state index contributed by atoms with van der Waals surface area (Å²) in [6.45, 7) is 1.63. The van der Waals surface area contributed by atoms with E-state index in [9.17, 15) is 9.59 Å². The van der Waals surface area contributed by atoms with Gasteiger partial charge in [0.25, 0.3) is 0 Å². The molecule has 4 atom stereocenters. The molecule has 24 heavy (non-hydrogen) atoms. The molecule has 3 N–H and O–H groups in total. The van der Waals surface area contributed by atoms with Crippen molar-refractivity contribution in [3.05, 3.63) is 12.2 Å². The predicted octanol–water partition coefficient (Wildman–Crippen LogP) is 1.12. The van der Waals surface area contributed by atoms with Gasteiger partial charge in [-0.25, -0.2) is 0 Å². The molecule has 1 saturated heterocycles. The van der Waals surface area contributed by atoms with E-state index in [1.54, 1.807) is 0 Å². The largest absolute Gasteiger partial charge is 0.370 e. The molecule has 3 aliphatic carbocycles. The first-order valence-electron chi connectivity index (χ1n) is 8.72. The lowest BCUT2D eigenvalue weighted by Gasteiger charge is -2.23. The maximum absolute atomic E-state index is 12.5. The molecular weight excluding hydrogens is 419 g/mol. The van der Waals surface area contributed by atoms with Gasteiger partial charge in [0.2, 0.25) is 11.8 Å².